The third-order valence-corrected chi connectivity index (χ3v) is 6.83. The van der Waals surface area contributed by atoms with Crippen LogP contribution in [0.2, 0.25) is 0 Å². The second kappa shape index (κ2) is 6.81. The van der Waals surface area contributed by atoms with E-state index in [2.05, 4.69) is 21.9 Å². The van der Waals surface area contributed by atoms with Crippen LogP contribution in [0.25, 0.3) is 0 Å². The first-order chi connectivity index (χ1) is 11.7. The van der Waals surface area contributed by atoms with Crippen molar-refractivity contribution < 1.29 is 9.15 Å². The zero-order valence-electron chi connectivity index (χ0n) is 15.3. The van der Waals surface area contributed by atoms with Gasteiger partial charge < -0.3 is 9.15 Å². The molecule has 2 saturated heterocycles. The Morgan fingerprint density at radius 1 is 1.25 bits per heavy atom. The first-order valence-corrected chi connectivity index (χ1v) is 9.69. The molecule has 4 nitrogen and oxygen atoms in total. The van der Waals surface area contributed by atoms with Crippen molar-refractivity contribution in [2.75, 3.05) is 39.9 Å². The van der Waals surface area contributed by atoms with Crippen LogP contribution in [0.15, 0.2) is 16.5 Å². The Bertz CT molecular complexity index is 544. The molecule has 1 unspecified atom stereocenters. The van der Waals surface area contributed by atoms with Crippen molar-refractivity contribution in [1.29, 1.82) is 0 Å². The predicted molar refractivity (Wildman–Crippen MR) is 95.0 cm³/mol. The summed E-state index contributed by atoms with van der Waals surface area (Å²) in [6.45, 7) is 8.87. The maximum Gasteiger partial charge on any atom is 0.118 e. The topological polar surface area (TPSA) is 28.9 Å². The van der Waals surface area contributed by atoms with Gasteiger partial charge >= 0.3 is 0 Å². The lowest BCUT2D eigenvalue weighted by atomic mass is 9.71. The largest absolute Gasteiger partial charge is 0.465 e. The van der Waals surface area contributed by atoms with E-state index < -0.39 is 0 Å². The summed E-state index contributed by atoms with van der Waals surface area (Å²) in [6.07, 6.45) is 6.88. The average molecular weight is 332 g/mol. The number of hydrogen-bond acceptors (Lipinski definition) is 4. The second-order valence-electron chi connectivity index (χ2n) is 8.32. The Morgan fingerprint density at radius 3 is 2.62 bits per heavy atom. The zero-order valence-corrected chi connectivity index (χ0v) is 15.3. The molecule has 134 valence electrons. The van der Waals surface area contributed by atoms with E-state index in [1.807, 2.05) is 14.0 Å². The summed E-state index contributed by atoms with van der Waals surface area (Å²) in [5, 5.41) is 0. The molecule has 3 fully saturated rings. The van der Waals surface area contributed by atoms with Crippen LogP contribution in [0.1, 0.15) is 43.6 Å². The van der Waals surface area contributed by atoms with Gasteiger partial charge in [0.1, 0.15) is 11.5 Å². The minimum Gasteiger partial charge on any atom is -0.465 e. The fourth-order valence-electron chi connectivity index (χ4n) is 5.05. The van der Waals surface area contributed by atoms with Crippen LogP contribution in [0.4, 0.5) is 0 Å². The number of aryl methyl sites for hydroxylation is 1. The summed E-state index contributed by atoms with van der Waals surface area (Å²) < 4.78 is 11.4. The van der Waals surface area contributed by atoms with Gasteiger partial charge in [-0.2, -0.15) is 0 Å². The molecule has 0 aromatic carbocycles. The maximum atomic E-state index is 5.76. The molecule has 1 aliphatic carbocycles. The zero-order chi connectivity index (χ0) is 16.6. The van der Waals surface area contributed by atoms with E-state index in [1.54, 1.807) is 0 Å². The first-order valence-electron chi connectivity index (χ1n) is 9.69. The molecule has 0 radical (unpaired) electrons. The van der Waals surface area contributed by atoms with Gasteiger partial charge in [-0.05, 0) is 63.2 Å². The Hall–Kier alpha value is -0.840. The van der Waals surface area contributed by atoms with E-state index in [4.69, 9.17) is 9.15 Å². The second-order valence-corrected chi connectivity index (χ2v) is 8.32. The van der Waals surface area contributed by atoms with E-state index in [0.717, 1.165) is 36.6 Å². The molecular formula is C20H32N2O2. The van der Waals surface area contributed by atoms with Crippen molar-refractivity contribution in [2.24, 2.45) is 11.3 Å². The van der Waals surface area contributed by atoms with Gasteiger partial charge in [0.2, 0.25) is 0 Å². The van der Waals surface area contributed by atoms with E-state index in [1.165, 1.54) is 58.3 Å². The normalized spacial score (nSPS) is 28.5. The highest BCUT2D eigenvalue weighted by Gasteiger charge is 2.49. The molecule has 1 aromatic rings. The van der Waals surface area contributed by atoms with Crippen LogP contribution < -0.4 is 0 Å². The number of furan rings is 1. The highest BCUT2D eigenvalue weighted by atomic mass is 16.5. The van der Waals surface area contributed by atoms with Gasteiger partial charge in [0.05, 0.1) is 13.2 Å². The number of ether oxygens (including phenoxy) is 1. The minimum atomic E-state index is 0.487. The third-order valence-electron chi connectivity index (χ3n) is 6.83. The monoisotopic (exact) mass is 332 g/mol. The molecule has 3 heterocycles. The molecule has 1 saturated carbocycles. The van der Waals surface area contributed by atoms with Gasteiger partial charge in [-0.15, -0.1) is 0 Å². The van der Waals surface area contributed by atoms with Gasteiger partial charge in [0.25, 0.3) is 0 Å². The lowest BCUT2D eigenvalue weighted by molar-refractivity contribution is 0.0317. The number of nitrogens with zero attached hydrogens (tertiary/aromatic N) is 2. The Kier molecular flexibility index (Phi) is 4.72. The van der Waals surface area contributed by atoms with Crippen LogP contribution in [-0.4, -0.2) is 55.7 Å². The van der Waals surface area contributed by atoms with Crippen molar-refractivity contribution in [3.05, 3.63) is 23.7 Å². The standard InChI is InChI=1S/C20H32N2O2/c1-16-6-7-19(24-16)13-21-10-8-20(9-11-21)15-22(18-4-3-5-18)12-17(20)14-23-2/h6-7,17-18H,3-5,8-15H2,1-2H3. The summed E-state index contributed by atoms with van der Waals surface area (Å²) >= 11 is 0. The summed E-state index contributed by atoms with van der Waals surface area (Å²) in [5.74, 6) is 2.85. The van der Waals surface area contributed by atoms with E-state index in [9.17, 15) is 0 Å². The molecule has 3 aliphatic rings. The Balaban J connectivity index is 1.38. The molecule has 1 atom stereocenters. The van der Waals surface area contributed by atoms with Crippen LogP contribution in [-0.2, 0) is 11.3 Å². The molecule has 0 N–H and O–H groups in total. The molecule has 2 aliphatic heterocycles. The summed E-state index contributed by atoms with van der Waals surface area (Å²) in [5.41, 5.74) is 0.487. The van der Waals surface area contributed by atoms with E-state index in [-0.39, 0.29) is 0 Å². The molecule has 1 spiro atoms. The third kappa shape index (κ3) is 3.16. The molecule has 0 amide bonds. The smallest absolute Gasteiger partial charge is 0.118 e. The summed E-state index contributed by atoms with van der Waals surface area (Å²) in [6, 6.07) is 5.07. The fourth-order valence-corrected chi connectivity index (χ4v) is 5.05. The van der Waals surface area contributed by atoms with Crippen LogP contribution in [0.5, 0.6) is 0 Å². The van der Waals surface area contributed by atoms with Crippen molar-refractivity contribution in [3.8, 4) is 0 Å². The average Bonchev–Trinajstić information content (AvgIpc) is 3.06. The van der Waals surface area contributed by atoms with E-state index >= 15 is 0 Å². The van der Waals surface area contributed by atoms with Gasteiger partial charge in [-0.1, -0.05) is 6.42 Å². The summed E-state index contributed by atoms with van der Waals surface area (Å²) in [7, 11) is 1.87. The van der Waals surface area contributed by atoms with Gasteiger partial charge in [-0.3, -0.25) is 9.80 Å². The van der Waals surface area contributed by atoms with Gasteiger partial charge in [-0.25, -0.2) is 0 Å². The fraction of sp³-hybridized carbons (Fsp3) is 0.800. The number of rotatable bonds is 5. The SMILES string of the molecule is COCC1CN(C2CCC2)CC12CCN(Cc1ccc(C)o1)CC2. The number of piperidine rings is 1. The van der Waals surface area contributed by atoms with Crippen LogP contribution in [0.3, 0.4) is 0 Å². The number of methoxy groups -OCH3 is 1. The molecule has 1 aromatic heterocycles. The molecule has 0 bridgehead atoms. The lowest BCUT2D eigenvalue weighted by Crippen LogP contribution is -2.45. The van der Waals surface area contributed by atoms with Crippen molar-refractivity contribution >= 4 is 0 Å². The van der Waals surface area contributed by atoms with E-state index in [0.29, 0.717) is 5.41 Å². The molecule has 24 heavy (non-hydrogen) atoms. The van der Waals surface area contributed by atoms with Crippen LogP contribution >= 0.6 is 0 Å². The minimum absolute atomic E-state index is 0.487. The molecular weight excluding hydrogens is 300 g/mol. The lowest BCUT2D eigenvalue weighted by Gasteiger charge is -2.43. The first kappa shape index (κ1) is 16.6. The maximum absolute atomic E-state index is 5.76. The molecule has 4 heteroatoms. The summed E-state index contributed by atoms with van der Waals surface area (Å²) in [4.78, 5) is 5.36. The van der Waals surface area contributed by atoms with Gasteiger partial charge in [0.15, 0.2) is 0 Å². The predicted octanol–water partition coefficient (Wildman–Crippen LogP) is 3.30. The van der Waals surface area contributed by atoms with Crippen LogP contribution in [0, 0.1) is 18.3 Å². The van der Waals surface area contributed by atoms with Crippen molar-refractivity contribution in [3.63, 3.8) is 0 Å². The number of hydrogen-bond donors (Lipinski definition) is 0. The highest BCUT2D eigenvalue weighted by Crippen LogP contribution is 2.47. The van der Waals surface area contributed by atoms with Gasteiger partial charge in [0, 0.05) is 32.2 Å². The number of likely N-dealkylation sites (tertiary alicyclic amines) is 2. The Labute approximate surface area is 146 Å². The Morgan fingerprint density at radius 2 is 2.04 bits per heavy atom. The molecule has 4 rings (SSSR count). The van der Waals surface area contributed by atoms with Crippen molar-refractivity contribution in [1.82, 2.24) is 9.80 Å². The highest BCUT2D eigenvalue weighted by molar-refractivity contribution is 5.07. The quantitative estimate of drug-likeness (QED) is 0.827. The van der Waals surface area contributed by atoms with Crippen molar-refractivity contribution in [2.45, 2.75) is 51.6 Å².